The van der Waals surface area contributed by atoms with Gasteiger partial charge in [-0.3, -0.25) is 10.1 Å². The Morgan fingerprint density at radius 2 is 2.26 bits per heavy atom. The molecule has 0 unspecified atom stereocenters. The first-order valence-corrected chi connectivity index (χ1v) is 8.04. The molecule has 0 fully saturated rings. The minimum Gasteiger partial charge on any atom is -0.463 e. The minimum absolute atomic E-state index is 0.0764. The lowest BCUT2D eigenvalue weighted by Gasteiger charge is -2.29. The van der Waals surface area contributed by atoms with Crippen LogP contribution in [0.5, 0.6) is 0 Å². The van der Waals surface area contributed by atoms with E-state index in [4.69, 9.17) is 4.74 Å². The van der Waals surface area contributed by atoms with Gasteiger partial charge < -0.3 is 15.4 Å². The number of carbonyl (C=O) groups is 2. The van der Waals surface area contributed by atoms with Gasteiger partial charge in [0.15, 0.2) is 0 Å². The second-order valence-electron chi connectivity index (χ2n) is 5.59. The number of benzene rings is 1. The molecule has 0 saturated heterocycles. The average Bonchev–Trinajstić information content (AvgIpc) is 3.14. The van der Waals surface area contributed by atoms with E-state index in [1.807, 2.05) is 0 Å². The smallest absolute Gasteiger partial charge is 0.338 e. The molecule has 140 valence electrons. The van der Waals surface area contributed by atoms with Gasteiger partial charge in [-0.2, -0.15) is 5.10 Å². The zero-order chi connectivity index (χ0) is 19.4. The minimum atomic E-state index is -0.906. The van der Waals surface area contributed by atoms with Gasteiger partial charge in [0.25, 0.3) is 5.69 Å². The summed E-state index contributed by atoms with van der Waals surface area (Å²) in [6.07, 6.45) is 2.76. The number of non-ortho nitro benzene ring substituents is 1. The van der Waals surface area contributed by atoms with Crippen molar-refractivity contribution in [3.63, 3.8) is 0 Å². The van der Waals surface area contributed by atoms with Crippen molar-refractivity contribution in [2.45, 2.75) is 19.5 Å². The summed E-state index contributed by atoms with van der Waals surface area (Å²) in [5.74, 6) is -0.642. The van der Waals surface area contributed by atoms with Crippen molar-refractivity contribution in [1.82, 2.24) is 25.4 Å². The number of amides is 2. The molecule has 27 heavy (non-hydrogen) atoms. The Kier molecular flexibility index (Phi) is 5.11. The molecule has 0 saturated carbocycles. The molecule has 0 spiro atoms. The predicted molar refractivity (Wildman–Crippen MR) is 91.2 cm³/mol. The number of hydrogen-bond acceptors (Lipinski definition) is 7. The van der Waals surface area contributed by atoms with Crippen LogP contribution in [-0.4, -0.2) is 38.3 Å². The van der Waals surface area contributed by atoms with Gasteiger partial charge in [-0.05, 0) is 12.5 Å². The van der Waals surface area contributed by atoms with E-state index in [0.717, 1.165) is 0 Å². The molecule has 2 amide bonds. The molecule has 2 heterocycles. The molecule has 3 rings (SSSR count). The van der Waals surface area contributed by atoms with Gasteiger partial charge in [0.05, 0.1) is 35.4 Å². The number of hydrogen-bond donors (Lipinski definition) is 2. The Hall–Kier alpha value is -3.76. The van der Waals surface area contributed by atoms with Crippen molar-refractivity contribution in [3.05, 3.63) is 63.9 Å². The molecule has 0 aliphatic carbocycles. The quantitative estimate of drug-likeness (QED) is 0.438. The molecule has 0 bridgehead atoms. The number of carbonyl (C=O) groups excluding carboxylic acids is 2. The van der Waals surface area contributed by atoms with Gasteiger partial charge in [-0.25, -0.2) is 19.3 Å². The van der Waals surface area contributed by atoms with Gasteiger partial charge in [-0.15, -0.1) is 0 Å². The largest absolute Gasteiger partial charge is 0.463 e. The molecule has 2 aromatic rings. The van der Waals surface area contributed by atoms with E-state index in [1.54, 1.807) is 13.0 Å². The summed E-state index contributed by atoms with van der Waals surface area (Å²) in [6, 6.07) is 4.27. The van der Waals surface area contributed by atoms with E-state index in [1.165, 1.54) is 35.5 Å². The van der Waals surface area contributed by atoms with Gasteiger partial charge in [0.1, 0.15) is 12.7 Å². The van der Waals surface area contributed by atoms with Gasteiger partial charge in [-0.1, -0.05) is 12.1 Å². The van der Waals surface area contributed by atoms with Crippen LogP contribution in [0.3, 0.4) is 0 Å². The van der Waals surface area contributed by atoms with Crippen LogP contribution >= 0.6 is 0 Å². The fourth-order valence-corrected chi connectivity index (χ4v) is 2.74. The number of nitro groups is 1. The van der Waals surface area contributed by atoms with Crippen LogP contribution in [0.15, 0.2) is 48.2 Å². The third kappa shape index (κ3) is 3.92. The number of esters is 1. The maximum Gasteiger partial charge on any atom is 0.338 e. The predicted octanol–water partition coefficient (Wildman–Crippen LogP) is 1.06. The lowest BCUT2D eigenvalue weighted by atomic mass is 9.94. The third-order valence-electron chi connectivity index (χ3n) is 3.85. The van der Waals surface area contributed by atoms with E-state index in [9.17, 15) is 19.7 Å². The molecule has 1 atom stereocenters. The average molecular weight is 372 g/mol. The zero-order valence-electron chi connectivity index (χ0n) is 14.3. The van der Waals surface area contributed by atoms with Crippen molar-refractivity contribution in [2.75, 3.05) is 6.61 Å². The molecule has 11 nitrogen and oxygen atoms in total. The Bertz CT molecular complexity index is 908. The molecule has 1 aliphatic heterocycles. The van der Waals surface area contributed by atoms with Gasteiger partial charge in [0, 0.05) is 12.1 Å². The lowest BCUT2D eigenvalue weighted by Crippen LogP contribution is -2.46. The van der Waals surface area contributed by atoms with Crippen LogP contribution in [0.1, 0.15) is 18.5 Å². The van der Waals surface area contributed by atoms with Crippen LogP contribution in [0.2, 0.25) is 0 Å². The van der Waals surface area contributed by atoms with Gasteiger partial charge in [0.2, 0.25) is 0 Å². The van der Waals surface area contributed by atoms with Gasteiger partial charge >= 0.3 is 12.0 Å². The van der Waals surface area contributed by atoms with Crippen molar-refractivity contribution in [3.8, 4) is 0 Å². The molecule has 1 aliphatic rings. The molecule has 0 radical (unpaired) electrons. The number of nitrogens with one attached hydrogen (secondary N) is 2. The highest BCUT2D eigenvalue weighted by molar-refractivity contribution is 5.95. The summed E-state index contributed by atoms with van der Waals surface area (Å²) >= 11 is 0. The molecular weight excluding hydrogens is 356 g/mol. The first-order chi connectivity index (χ1) is 13.0. The van der Waals surface area contributed by atoms with E-state index >= 15 is 0 Å². The number of ether oxygens (including phenoxy) is 1. The number of rotatable bonds is 6. The van der Waals surface area contributed by atoms with Crippen molar-refractivity contribution in [2.24, 2.45) is 0 Å². The maximum atomic E-state index is 12.6. The monoisotopic (exact) mass is 372 g/mol. The molecule has 1 aromatic heterocycles. The molecule has 2 N–H and O–H groups in total. The summed E-state index contributed by atoms with van der Waals surface area (Å²) in [4.78, 5) is 39.1. The number of aromatic nitrogens is 3. The summed E-state index contributed by atoms with van der Waals surface area (Å²) in [5.41, 5.74) is 0.658. The maximum absolute atomic E-state index is 12.6. The van der Waals surface area contributed by atoms with Crippen molar-refractivity contribution >= 4 is 17.7 Å². The Balaban J connectivity index is 2.08. The normalized spacial score (nSPS) is 16.5. The molecule has 1 aromatic carbocycles. The first kappa shape index (κ1) is 18.0. The van der Waals surface area contributed by atoms with Crippen LogP contribution in [0, 0.1) is 10.1 Å². The van der Waals surface area contributed by atoms with E-state index < -0.39 is 23.0 Å². The zero-order valence-corrected chi connectivity index (χ0v) is 14.3. The number of allylic oxidation sites excluding steroid dienone is 1. The Morgan fingerprint density at radius 3 is 2.93 bits per heavy atom. The van der Waals surface area contributed by atoms with E-state index in [-0.39, 0.29) is 30.1 Å². The number of nitro benzene ring substituents is 1. The van der Waals surface area contributed by atoms with Crippen molar-refractivity contribution < 1.29 is 19.2 Å². The van der Waals surface area contributed by atoms with Crippen molar-refractivity contribution in [1.29, 1.82) is 0 Å². The number of nitrogens with zero attached hydrogens (tertiary/aromatic N) is 4. The SMILES string of the molecule is CCOC(=O)C1=C(Cn2cncn2)NC(=O)N[C@H]1c1cccc([N+](=O)[O-])c1. The van der Waals surface area contributed by atoms with Crippen LogP contribution in [0.4, 0.5) is 10.5 Å². The summed E-state index contributed by atoms with van der Waals surface area (Å²) in [7, 11) is 0. The van der Waals surface area contributed by atoms with E-state index in [0.29, 0.717) is 5.56 Å². The molecular formula is C16H16N6O5. The number of urea groups is 1. The second kappa shape index (κ2) is 7.64. The summed E-state index contributed by atoms with van der Waals surface area (Å²) < 4.78 is 6.56. The summed E-state index contributed by atoms with van der Waals surface area (Å²) in [6.45, 7) is 1.87. The molecule has 11 heteroatoms. The highest BCUT2D eigenvalue weighted by atomic mass is 16.6. The fourth-order valence-electron chi connectivity index (χ4n) is 2.74. The standard InChI is InChI=1S/C16H16N6O5/c1-2-27-15(23)13-12(7-21-9-17-8-18-21)19-16(24)20-14(13)10-4-3-5-11(6-10)22(25)26/h3-6,8-9,14H,2,7H2,1H3,(H2,19,20,24)/t14-/m0/s1. The lowest BCUT2D eigenvalue weighted by molar-refractivity contribution is -0.384. The highest BCUT2D eigenvalue weighted by Crippen LogP contribution is 2.30. The van der Waals surface area contributed by atoms with Crippen LogP contribution in [-0.2, 0) is 16.1 Å². The first-order valence-electron chi connectivity index (χ1n) is 8.04. The topological polar surface area (TPSA) is 141 Å². The Morgan fingerprint density at radius 1 is 1.44 bits per heavy atom. The fraction of sp³-hybridized carbons (Fsp3) is 0.250. The highest BCUT2D eigenvalue weighted by Gasteiger charge is 2.34. The summed E-state index contributed by atoms with van der Waals surface area (Å²) in [5, 5.41) is 20.3. The third-order valence-corrected chi connectivity index (χ3v) is 3.85. The second-order valence-corrected chi connectivity index (χ2v) is 5.59. The Labute approximate surface area is 153 Å². The van der Waals surface area contributed by atoms with Crippen LogP contribution < -0.4 is 10.6 Å². The van der Waals surface area contributed by atoms with E-state index in [2.05, 4.69) is 20.7 Å². The van der Waals surface area contributed by atoms with Crippen LogP contribution in [0.25, 0.3) is 0 Å².